The first-order valence-corrected chi connectivity index (χ1v) is 4.27. The van der Waals surface area contributed by atoms with Crippen LogP contribution in [0.15, 0.2) is 12.2 Å². The van der Waals surface area contributed by atoms with Gasteiger partial charge in [0.25, 0.3) is 0 Å². The van der Waals surface area contributed by atoms with E-state index in [1.54, 1.807) is 6.08 Å². The number of allylic oxidation sites excluding steroid dienone is 2. The van der Waals surface area contributed by atoms with Crippen LogP contribution in [0.25, 0.3) is 0 Å². The molecule has 68 valence electrons. The van der Waals surface area contributed by atoms with Crippen LogP contribution in [0.2, 0.25) is 0 Å². The average molecular weight is 182 g/mol. The Morgan fingerprint density at radius 1 is 1.46 bits per heavy atom. The molecule has 0 spiro atoms. The van der Waals surface area contributed by atoms with E-state index >= 15 is 0 Å². The Labute approximate surface area is 73.6 Å². The lowest BCUT2D eigenvalue weighted by Gasteiger charge is -2.21. The van der Waals surface area contributed by atoms with E-state index in [4.69, 9.17) is 0 Å². The summed E-state index contributed by atoms with van der Waals surface area (Å²) in [7, 11) is 0. The molecule has 2 fully saturated rings. The predicted molar refractivity (Wildman–Crippen MR) is 39.2 cm³/mol. The fraction of sp³-hybridized carbons (Fsp3) is 0.556. The van der Waals surface area contributed by atoms with Crippen LogP contribution in [0.4, 0.5) is 4.39 Å². The van der Waals surface area contributed by atoms with E-state index in [0.717, 1.165) is 0 Å². The van der Waals surface area contributed by atoms with Gasteiger partial charge in [-0.2, -0.15) is 0 Å². The van der Waals surface area contributed by atoms with Gasteiger partial charge in [-0.15, -0.1) is 0 Å². The number of alkyl halides is 1. The molecule has 0 aromatic rings. The van der Waals surface area contributed by atoms with E-state index in [9.17, 15) is 14.0 Å². The van der Waals surface area contributed by atoms with Crippen molar-refractivity contribution in [1.82, 2.24) is 0 Å². The minimum Gasteiger partial charge on any atom is -0.390 e. The van der Waals surface area contributed by atoms with Gasteiger partial charge in [0.2, 0.25) is 5.67 Å². The standard InChI is InChI=1S/C9H7FO3/c10-9-5-2-1-4(3-5)6(9)7(11)13-8(9)12/h1-2,4-6H,3H2. The SMILES string of the molecule is O=C1OC(=O)C2(F)C3C=CC(C3)C12. The van der Waals surface area contributed by atoms with Crippen LogP contribution in [0.1, 0.15) is 6.42 Å². The van der Waals surface area contributed by atoms with Crippen molar-refractivity contribution in [3.8, 4) is 0 Å². The van der Waals surface area contributed by atoms with E-state index in [0.29, 0.717) is 6.42 Å². The molecule has 0 aromatic carbocycles. The summed E-state index contributed by atoms with van der Waals surface area (Å²) in [5.74, 6) is -3.12. The van der Waals surface area contributed by atoms with Crippen molar-refractivity contribution in [1.29, 1.82) is 0 Å². The number of halogens is 1. The number of cyclic esters (lactones) is 2. The zero-order valence-corrected chi connectivity index (χ0v) is 6.70. The van der Waals surface area contributed by atoms with Crippen molar-refractivity contribution in [2.45, 2.75) is 12.1 Å². The van der Waals surface area contributed by atoms with Crippen LogP contribution in [0.3, 0.4) is 0 Å². The van der Waals surface area contributed by atoms with Crippen molar-refractivity contribution in [2.75, 3.05) is 0 Å². The van der Waals surface area contributed by atoms with Gasteiger partial charge in [0.05, 0.1) is 0 Å². The molecule has 3 rings (SSSR count). The quantitative estimate of drug-likeness (QED) is 0.313. The van der Waals surface area contributed by atoms with Gasteiger partial charge in [0.15, 0.2) is 0 Å². The van der Waals surface area contributed by atoms with Gasteiger partial charge in [-0.1, -0.05) is 12.2 Å². The summed E-state index contributed by atoms with van der Waals surface area (Å²) in [6.07, 6.45) is 4.07. The lowest BCUT2D eigenvalue weighted by Crippen LogP contribution is -2.40. The van der Waals surface area contributed by atoms with E-state index in [1.807, 2.05) is 6.08 Å². The number of carbonyl (C=O) groups excluding carboxylic acids is 2. The molecule has 0 radical (unpaired) electrons. The van der Waals surface area contributed by atoms with Crippen LogP contribution < -0.4 is 0 Å². The summed E-state index contributed by atoms with van der Waals surface area (Å²) in [6, 6.07) is 0. The number of hydrogen-bond donors (Lipinski definition) is 0. The van der Waals surface area contributed by atoms with Crippen molar-refractivity contribution in [3.63, 3.8) is 0 Å². The van der Waals surface area contributed by atoms with E-state index in [2.05, 4.69) is 4.74 Å². The van der Waals surface area contributed by atoms with Gasteiger partial charge in [-0.05, 0) is 12.3 Å². The van der Waals surface area contributed by atoms with Crippen LogP contribution in [0.5, 0.6) is 0 Å². The number of rotatable bonds is 0. The van der Waals surface area contributed by atoms with Crippen LogP contribution in [-0.4, -0.2) is 17.6 Å². The van der Waals surface area contributed by atoms with Gasteiger partial charge >= 0.3 is 11.9 Å². The minimum atomic E-state index is -2.05. The van der Waals surface area contributed by atoms with Crippen molar-refractivity contribution in [2.24, 2.45) is 17.8 Å². The monoisotopic (exact) mass is 182 g/mol. The Balaban J connectivity index is 2.17. The maximum Gasteiger partial charge on any atom is 0.353 e. The summed E-state index contributed by atoms with van der Waals surface area (Å²) < 4.78 is 18.4. The topological polar surface area (TPSA) is 43.4 Å². The summed E-state index contributed by atoms with van der Waals surface area (Å²) >= 11 is 0. The molecule has 4 unspecified atom stereocenters. The number of hydrogen-bond acceptors (Lipinski definition) is 3. The molecule has 1 aliphatic heterocycles. The summed E-state index contributed by atoms with van der Waals surface area (Å²) in [5, 5.41) is 0. The Hall–Kier alpha value is -1.19. The van der Waals surface area contributed by atoms with E-state index in [-0.39, 0.29) is 5.92 Å². The van der Waals surface area contributed by atoms with Crippen molar-refractivity contribution in [3.05, 3.63) is 12.2 Å². The second-order valence-electron chi connectivity index (χ2n) is 3.85. The highest BCUT2D eigenvalue weighted by atomic mass is 19.1. The van der Waals surface area contributed by atoms with Crippen LogP contribution in [-0.2, 0) is 14.3 Å². The van der Waals surface area contributed by atoms with E-state index < -0.39 is 29.4 Å². The maximum absolute atomic E-state index is 14.1. The van der Waals surface area contributed by atoms with Gasteiger partial charge < -0.3 is 4.74 Å². The summed E-state index contributed by atoms with van der Waals surface area (Å²) in [4.78, 5) is 22.3. The number of fused-ring (bicyclic) bond motifs is 5. The zero-order valence-electron chi connectivity index (χ0n) is 6.70. The first kappa shape index (κ1) is 7.24. The molecule has 4 heteroatoms. The molecule has 0 aromatic heterocycles. The molecule has 3 nitrogen and oxygen atoms in total. The normalized spacial score (nSPS) is 51.3. The molecular formula is C9H7FO3. The fourth-order valence-corrected chi connectivity index (χ4v) is 2.69. The molecule has 0 N–H and O–H groups in total. The Bertz CT molecular complexity index is 349. The molecule has 2 bridgehead atoms. The van der Waals surface area contributed by atoms with Crippen molar-refractivity contribution < 1.29 is 18.7 Å². The smallest absolute Gasteiger partial charge is 0.353 e. The highest BCUT2D eigenvalue weighted by molar-refractivity contribution is 6.02. The lowest BCUT2D eigenvalue weighted by molar-refractivity contribution is -0.157. The summed E-state index contributed by atoms with van der Waals surface area (Å²) in [5.41, 5.74) is -2.05. The van der Waals surface area contributed by atoms with Gasteiger partial charge in [0, 0.05) is 5.92 Å². The third-order valence-corrected chi connectivity index (χ3v) is 3.30. The first-order valence-electron chi connectivity index (χ1n) is 4.27. The van der Waals surface area contributed by atoms with Gasteiger partial charge in [-0.3, -0.25) is 4.79 Å². The fourth-order valence-electron chi connectivity index (χ4n) is 2.69. The highest BCUT2D eigenvalue weighted by Crippen LogP contribution is 2.56. The van der Waals surface area contributed by atoms with E-state index in [1.165, 1.54) is 0 Å². The van der Waals surface area contributed by atoms with Gasteiger partial charge in [0.1, 0.15) is 5.92 Å². The molecule has 2 aliphatic carbocycles. The molecule has 13 heavy (non-hydrogen) atoms. The molecular weight excluding hydrogens is 175 g/mol. The first-order chi connectivity index (χ1) is 6.14. The highest BCUT2D eigenvalue weighted by Gasteiger charge is 2.70. The predicted octanol–water partition coefficient (Wildman–Crippen LogP) is 0.600. The zero-order chi connectivity index (χ0) is 9.22. The second kappa shape index (κ2) is 1.84. The molecule has 1 saturated heterocycles. The number of ether oxygens (including phenoxy) is 1. The third-order valence-electron chi connectivity index (χ3n) is 3.30. The largest absolute Gasteiger partial charge is 0.390 e. The Morgan fingerprint density at radius 3 is 2.92 bits per heavy atom. The Morgan fingerprint density at radius 2 is 2.23 bits per heavy atom. The Kier molecular flexibility index (Phi) is 1.02. The molecule has 0 amide bonds. The van der Waals surface area contributed by atoms with Crippen LogP contribution in [0, 0.1) is 17.8 Å². The van der Waals surface area contributed by atoms with Gasteiger partial charge in [-0.25, -0.2) is 9.18 Å². The molecule has 4 atom stereocenters. The molecule has 3 aliphatic rings. The lowest BCUT2D eigenvalue weighted by atomic mass is 9.82. The summed E-state index contributed by atoms with van der Waals surface area (Å²) in [6.45, 7) is 0. The van der Waals surface area contributed by atoms with Crippen molar-refractivity contribution >= 4 is 11.9 Å². The van der Waals surface area contributed by atoms with Crippen LogP contribution >= 0.6 is 0 Å². The maximum atomic E-state index is 14.1. The molecule has 1 saturated carbocycles. The minimum absolute atomic E-state index is 0.131. The second-order valence-corrected chi connectivity index (χ2v) is 3.85. The number of esters is 2. The number of carbonyl (C=O) groups is 2. The third kappa shape index (κ3) is 0.587. The average Bonchev–Trinajstić information content (AvgIpc) is 2.66. The molecule has 1 heterocycles.